The molecule has 0 saturated carbocycles. The van der Waals surface area contributed by atoms with Crippen LogP contribution in [0.25, 0.3) is 43.6 Å². The Morgan fingerprint density at radius 2 is 1.64 bits per heavy atom. The largest absolute Gasteiger partial charge is 0.456 e. The molecule has 6 rings (SSSR count). The topological polar surface area (TPSA) is 22.1 Å². The maximum atomic E-state index is 6.80. The van der Waals surface area contributed by atoms with Gasteiger partial charge in [-0.25, -0.2) is 0 Å². The van der Waals surface area contributed by atoms with Gasteiger partial charge in [0.15, 0.2) is 0 Å². The summed E-state index contributed by atoms with van der Waals surface area (Å²) in [6, 6.07) is 22.0. The van der Waals surface area contributed by atoms with E-state index < -0.39 is 0 Å². The van der Waals surface area contributed by atoms with E-state index in [2.05, 4.69) is 95.3 Å². The van der Waals surface area contributed by atoms with E-state index in [1.54, 1.807) is 0 Å². The summed E-state index contributed by atoms with van der Waals surface area (Å²) in [5, 5.41) is 7.39. The van der Waals surface area contributed by atoms with Crippen LogP contribution in [0.1, 0.15) is 51.7 Å². The van der Waals surface area contributed by atoms with E-state index in [1.807, 2.05) is 6.20 Å². The summed E-state index contributed by atoms with van der Waals surface area (Å²) in [5.74, 6) is 2.22. The molecule has 4 aromatic carbocycles. The van der Waals surface area contributed by atoms with Crippen LogP contribution in [-0.2, 0) is 6.42 Å². The highest BCUT2D eigenvalue weighted by Gasteiger charge is 2.28. The predicted molar refractivity (Wildman–Crippen MR) is 140 cm³/mol. The molecular weight excluding hydrogens is 402 g/mol. The molecule has 1 aliphatic heterocycles. The fourth-order valence-corrected chi connectivity index (χ4v) is 5.49. The van der Waals surface area contributed by atoms with Crippen LogP contribution in [0, 0.1) is 5.41 Å². The van der Waals surface area contributed by atoms with E-state index in [1.165, 1.54) is 38.1 Å². The van der Waals surface area contributed by atoms with E-state index in [9.17, 15) is 0 Å². The Hall–Kier alpha value is -3.39. The molecule has 1 aliphatic rings. The second-order valence-electron chi connectivity index (χ2n) is 10.9. The molecule has 1 aromatic heterocycles. The fraction of sp³-hybridized carbons (Fsp3) is 0.258. The van der Waals surface area contributed by atoms with Gasteiger partial charge in [0.2, 0.25) is 0 Å². The van der Waals surface area contributed by atoms with Crippen LogP contribution >= 0.6 is 0 Å². The van der Waals surface area contributed by atoms with Crippen LogP contribution in [-0.4, -0.2) is 4.98 Å². The number of nitrogens with zero attached hydrogens (tertiary/aromatic N) is 1. The molecule has 0 spiro atoms. The van der Waals surface area contributed by atoms with Crippen molar-refractivity contribution in [1.82, 2.24) is 4.98 Å². The van der Waals surface area contributed by atoms with Crippen LogP contribution in [0.2, 0.25) is 0 Å². The summed E-state index contributed by atoms with van der Waals surface area (Å²) in [5.41, 5.74) is 4.96. The molecule has 2 heterocycles. The van der Waals surface area contributed by atoms with Crippen LogP contribution in [0.5, 0.6) is 11.5 Å². The van der Waals surface area contributed by atoms with Gasteiger partial charge in [-0.15, -0.1) is 0 Å². The molecule has 0 radical (unpaired) electrons. The lowest BCUT2D eigenvalue weighted by atomic mass is 9.84. The molecule has 0 aliphatic carbocycles. The van der Waals surface area contributed by atoms with Gasteiger partial charge in [0.1, 0.15) is 11.5 Å². The lowest BCUT2D eigenvalue weighted by Gasteiger charge is -2.27. The molecular formula is C31H29NO. The van der Waals surface area contributed by atoms with Crippen LogP contribution in [0.15, 0.2) is 66.9 Å². The zero-order valence-corrected chi connectivity index (χ0v) is 20.0. The monoisotopic (exact) mass is 431 g/mol. The van der Waals surface area contributed by atoms with Crippen molar-refractivity contribution in [2.45, 2.75) is 47.0 Å². The number of aromatic nitrogens is 1. The zero-order valence-electron chi connectivity index (χ0n) is 20.0. The lowest BCUT2D eigenvalue weighted by molar-refractivity contribution is 0.412. The van der Waals surface area contributed by atoms with E-state index in [0.29, 0.717) is 5.92 Å². The first-order valence-corrected chi connectivity index (χ1v) is 11.9. The maximum Gasteiger partial charge on any atom is 0.140 e. The minimum atomic E-state index is 0.209. The number of fused-ring (bicyclic) bond motifs is 5. The highest BCUT2D eigenvalue weighted by Crippen LogP contribution is 2.52. The van der Waals surface area contributed by atoms with Crippen molar-refractivity contribution in [2.24, 2.45) is 5.41 Å². The molecule has 0 bridgehead atoms. The van der Waals surface area contributed by atoms with Crippen LogP contribution < -0.4 is 4.74 Å². The second kappa shape index (κ2) is 7.05. The van der Waals surface area contributed by atoms with Gasteiger partial charge in [-0.3, -0.25) is 4.98 Å². The molecule has 0 amide bonds. The van der Waals surface area contributed by atoms with Crippen molar-refractivity contribution in [3.05, 3.63) is 78.0 Å². The Morgan fingerprint density at radius 1 is 0.848 bits per heavy atom. The van der Waals surface area contributed by atoms with Gasteiger partial charge < -0.3 is 4.74 Å². The average molecular weight is 432 g/mol. The standard InChI is InChI=1S/C31H29NO/c1-18(2)27-21-11-7-6-9-19(21)15-25-29-28-23(13-14-32-29)22-12-8-10-20(17-31(3,4)5)24(22)16-26(28)33-30(25)27/h6-16,18H,17H2,1-5H3. The Balaban J connectivity index is 1.72. The van der Waals surface area contributed by atoms with Gasteiger partial charge in [-0.05, 0) is 68.4 Å². The number of benzene rings is 4. The molecule has 0 unspecified atom stereocenters. The summed E-state index contributed by atoms with van der Waals surface area (Å²) in [6.45, 7) is 11.4. The molecule has 0 saturated heterocycles. The molecule has 0 atom stereocenters. The molecule has 0 fully saturated rings. The van der Waals surface area contributed by atoms with Crippen molar-refractivity contribution in [2.75, 3.05) is 0 Å². The number of ether oxygens (including phenoxy) is 1. The van der Waals surface area contributed by atoms with Gasteiger partial charge in [0.05, 0.1) is 11.1 Å². The third-order valence-corrected chi connectivity index (χ3v) is 6.76. The third kappa shape index (κ3) is 3.12. The molecule has 2 heteroatoms. The van der Waals surface area contributed by atoms with E-state index in [-0.39, 0.29) is 5.41 Å². The molecule has 2 nitrogen and oxygen atoms in total. The summed E-state index contributed by atoms with van der Waals surface area (Å²) < 4.78 is 6.80. The van der Waals surface area contributed by atoms with Gasteiger partial charge in [0, 0.05) is 17.3 Å². The first kappa shape index (κ1) is 20.2. The summed E-state index contributed by atoms with van der Waals surface area (Å²) in [4.78, 5) is 4.89. The fourth-order valence-electron chi connectivity index (χ4n) is 5.49. The Labute approximate surface area is 195 Å². The Morgan fingerprint density at radius 3 is 2.42 bits per heavy atom. The third-order valence-electron chi connectivity index (χ3n) is 6.76. The predicted octanol–water partition coefficient (Wildman–Crippen LogP) is 9.03. The molecule has 33 heavy (non-hydrogen) atoms. The van der Waals surface area contributed by atoms with E-state index in [4.69, 9.17) is 9.72 Å². The van der Waals surface area contributed by atoms with Crippen molar-refractivity contribution in [3.63, 3.8) is 0 Å². The number of pyridine rings is 1. The number of hydrogen-bond acceptors (Lipinski definition) is 2. The van der Waals surface area contributed by atoms with Crippen molar-refractivity contribution < 1.29 is 4.74 Å². The highest BCUT2D eigenvalue weighted by atomic mass is 16.5. The zero-order chi connectivity index (χ0) is 22.9. The minimum Gasteiger partial charge on any atom is -0.456 e. The van der Waals surface area contributed by atoms with Gasteiger partial charge in [-0.2, -0.15) is 0 Å². The highest BCUT2D eigenvalue weighted by molar-refractivity contribution is 6.17. The number of rotatable bonds is 2. The van der Waals surface area contributed by atoms with E-state index >= 15 is 0 Å². The van der Waals surface area contributed by atoms with Crippen LogP contribution in [0.3, 0.4) is 0 Å². The van der Waals surface area contributed by atoms with Crippen LogP contribution in [0.4, 0.5) is 0 Å². The molecule has 5 aromatic rings. The lowest BCUT2D eigenvalue weighted by Crippen LogP contribution is -2.10. The van der Waals surface area contributed by atoms with E-state index in [0.717, 1.165) is 34.6 Å². The summed E-state index contributed by atoms with van der Waals surface area (Å²) in [7, 11) is 0. The average Bonchev–Trinajstić information content (AvgIpc) is 2.77. The quantitative estimate of drug-likeness (QED) is 0.255. The minimum absolute atomic E-state index is 0.209. The Bertz CT molecular complexity index is 1570. The second-order valence-corrected chi connectivity index (χ2v) is 10.9. The van der Waals surface area contributed by atoms with Crippen molar-refractivity contribution >= 4 is 32.3 Å². The molecule has 164 valence electrons. The first-order chi connectivity index (χ1) is 15.8. The SMILES string of the molecule is CC(C)c1c2c(cc3ccccc13)-c1nccc3c1c(cc1c(CC(C)(C)C)cccc13)O2. The van der Waals surface area contributed by atoms with Gasteiger partial charge in [-0.1, -0.05) is 77.1 Å². The number of hydrogen-bond donors (Lipinski definition) is 0. The first-order valence-electron chi connectivity index (χ1n) is 11.9. The molecule has 0 N–H and O–H groups in total. The van der Waals surface area contributed by atoms with Gasteiger partial charge >= 0.3 is 0 Å². The summed E-state index contributed by atoms with van der Waals surface area (Å²) in [6.07, 6.45) is 2.97. The smallest absolute Gasteiger partial charge is 0.140 e. The maximum absolute atomic E-state index is 6.80. The van der Waals surface area contributed by atoms with Crippen molar-refractivity contribution in [3.8, 4) is 22.8 Å². The van der Waals surface area contributed by atoms with Gasteiger partial charge in [0.25, 0.3) is 0 Å². The normalized spacial score (nSPS) is 13.0. The Kier molecular flexibility index (Phi) is 4.32. The summed E-state index contributed by atoms with van der Waals surface area (Å²) >= 11 is 0. The van der Waals surface area contributed by atoms with Crippen molar-refractivity contribution in [1.29, 1.82) is 0 Å².